The molecule has 0 radical (unpaired) electrons. The third-order valence-corrected chi connectivity index (χ3v) is 4.28. The number of esters is 1. The highest BCUT2D eigenvalue weighted by atomic mass is 16.6. The molecule has 8 heteroatoms. The number of rotatable bonds is 4. The normalized spacial score (nSPS) is 19.5. The Bertz CT molecular complexity index is 686. The van der Waals surface area contributed by atoms with Gasteiger partial charge in [0.1, 0.15) is 12.2 Å². The second-order valence-corrected chi connectivity index (χ2v) is 7.66. The number of carbonyl (C=O) groups is 3. The Kier molecular flexibility index (Phi) is 7.25. The molecule has 2 amide bonds. The molecule has 2 rings (SSSR count). The van der Waals surface area contributed by atoms with Crippen molar-refractivity contribution in [3.63, 3.8) is 0 Å². The van der Waals surface area contributed by atoms with Crippen LogP contribution in [0.5, 0.6) is 0 Å². The summed E-state index contributed by atoms with van der Waals surface area (Å²) >= 11 is 0. The molecule has 1 aromatic rings. The first-order valence-corrected chi connectivity index (χ1v) is 9.22. The maximum absolute atomic E-state index is 12.4. The Morgan fingerprint density at radius 2 is 1.86 bits per heavy atom. The SMILES string of the molecule is COC(=O)C1CN(C(=O)OCc2ccccc2)CC[C@@H]1NC(=O)OC(C)(C)C. The summed E-state index contributed by atoms with van der Waals surface area (Å²) < 4.78 is 15.4. The predicted octanol–water partition coefficient (Wildman–Crippen LogP) is 2.71. The molecule has 8 nitrogen and oxygen atoms in total. The van der Waals surface area contributed by atoms with Crippen LogP contribution < -0.4 is 5.32 Å². The number of hydrogen-bond acceptors (Lipinski definition) is 6. The van der Waals surface area contributed by atoms with Crippen LogP contribution in [-0.2, 0) is 25.6 Å². The van der Waals surface area contributed by atoms with Crippen molar-refractivity contribution in [2.24, 2.45) is 5.92 Å². The number of methoxy groups -OCH3 is 1. The molecule has 0 spiro atoms. The number of piperidine rings is 1. The van der Waals surface area contributed by atoms with Gasteiger partial charge in [0.05, 0.1) is 13.0 Å². The molecule has 1 aliphatic heterocycles. The van der Waals surface area contributed by atoms with Gasteiger partial charge in [0.2, 0.25) is 0 Å². The van der Waals surface area contributed by atoms with Gasteiger partial charge in [-0.15, -0.1) is 0 Å². The van der Waals surface area contributed by atoms with E-state index in [0.717, 1.165) is 5.56 Å². The van der Waals surface area contributed by atoms with Gasteiger partial charge in [-0.3, -0.25) is 4.79 Å². The maximum atomic E-state index is 12.4. The number of hydrogen-bond donors (Lipinski definition) is 1. The summed E-state index contributed by atoms with van der Waals surface area (Å²) in [5.41, 5.74) is 0.231. The smallest absolute Gasteiger partial charge is 0.410 e. The van der Waals surface area contributed by atoms with Crippen LogP contribution in [0, 0.1) is 5.92 Å². The van der Waals surface area contributed by atoms with Crippen LogP contribution in [0.2, 0.25) is 0 Å². The van der Waals surface area contributed by atoms with E-state index in [1.54, 1.807) is 20.8 Å². The van der Waals surface area contributed by atoms with Crippen molar-refractivity contribution in [2.75, 3.05) is 20.2 Å². The van der Waals surface area contributed by atoms with Crippen LogP contribution in [0.1, 0.15) is 32.8 Å². The van der Waals surface area contributed by atoms with Gasteiger partial charge >= 0.3 is 18.2 Å². The summed E-state index contributed by atoms with van der Waals surface area (Å²) in [6.45, 7) is 5.88. The summed E-state index contributed by atoms with van der Waals surface area (Å²) in [6.07, 6.45) is -0.723. The predicted molar refractivity (Wildman–Crippen MR) is 101 cm³/mol. The summed E-state index contributed by atoms with van der Waals surface area (Å²) in [7, 11) is 1.28. The largest absolute Gasteiger partial charge is 0.469 e. The molecular weight excluding hydrogens is 364 g/mol. The summed E-state index contributed by atoms with van der Waals surface area (Å²) in [5.74, 6) is -1.20. The van der Waals surface area contributed by atoms with Crippen molar-refractivity contribution < 1.29 is 28.6 Å². The summed E-state index contributed by atoms with van der Waals surface area (Å²) in [5, 5.41) is 2.72. The van der Waals surface area contributed by atoms with Gasteiger partial charge < -0.3 is 24.4 Å². The van der Waals surface area contributed by atoms with E-state index in [0.29, 0.717) is 13.0 Å². The molecule has 1 saturated heterocycles. The van der Waals surface area contributed by atoms with E-state index in [1.165, 1.54) is 12.0 Å². The van der Waals surface area contributed by atoms with Crippen LogP contribution in [0.4, 0.5) is 9.59 Å². The lowest BCUT2D eigenvalue weighted by atomic mass is 9.92. The minimum Gasteiger partial charge on any atom is -0.469 e. The summed E-state index contributed by atoms with van der Waals surface area (Å²) in [6, 6.07) is 8.85. The Morgan fingerprint density at radius 1 is 1.18 bits per heavy atom. The molecule has 1 aromatic carbocycles. The molecule has 28 heavy (non-hydrogen) atoms. The fourth-order valence-electron chi connectivity index (χ4n) is 2.95. The number of alkyl carbamates (subject to hydrolysis) is 1. The first-order valence-electron chi connectivity index (χ1n) is 9.22. The van der Waals surface area contributed by atoms with Gasteiger partial charge in [-0.05, 0) is 32.8 Å². The lowest BCUT2D eigenvalue weighted by Gasteiger charge is -2.37. The first kappa shape index (κ1) is 21.5. The Balaban J connectivity index is 1.95. The van der Waals surface area contributed by atoms with E-state index in [-0.39, 0.29) is 13.2 Å². The zero-order chi connectivity index (χ0) is 20.7. The van der Waals surface area contributed by atoms with Gasteiger partial charge in [-0.1, -0.05) is 30.3 Å². The lowest BCUT2D eigenvalue weighted by molar-refractivity contribution is -0.148. The fourth-order valence-corrected chi connectivity index (χ4v) is 2.95. The highest BCUT2D eigenvalue weighted by Crippen LogP contribution is 2.21. The minimum absolute atomic E-state index is 0.0980. The van der Waals surface area contributed by atoms with Gasteiger partial charge in [-0.25, -0.2) is 9.59 Å². The van der Waals surface area contributed by atoms with Crippen molar-refractivity contribution in [1.82, 2.24) is 10.2 Å². The van der Waals surface area contributed by atoms with E-state index in [2.05, 4.69) is 5.32 Å². The number of nitrogens with zero attached hydrogens (tertiary/aromatic N) is 1. The van der Waals surface area contributed by atoms with Crippen LogP contribution in [-0.4, -0.2) is 54.9 Å². The highest BCUT2D eigenvalue weighted by molar-refractivity contribution is 5.77. The Labute approximate surface area is 165 Å². The monoisotopic (exact) mass is 392 g/mol. The molecule has 0 aliphatic carbocycles. The third-order valence-electron chi connectivity index (χ3n) is 4.28. The molecule has 0 bridgehead atoms. The number of ether oxygens (including phenoxy) is 3. The molecule has 0 saturated carbocycles. The molecule has 1 unspecified atom stereocenters. The first-order chi connectivity index (χ1) is 13.2. The van der Waals surface area contributed by atoms with E-state index in [9.17, 15) is 14.4 Å². The number of likely N-dealkylation sites (tertiary alicyclic amines) is 1. The van der Waals surface area contributed by atoms with Crippen LogP contribution in [0.3, 0.4) is 0 Å². The highest BCUT2D eigenvalue weighted by Gasteiger charge is 2.38. The van der Waals surface area contributed by atoms with Gasteiger partial charge in [0.15, 0.2) is 0 Å². The van der Waals surface area contributed by atoms with Crippen molar-refractivity contribution in [1.29, 1.82) is 0 Å². The third kappa shape index (κ3) is 6.44. The van der Waals surface area contributed by atoms with E-state index >= 15 is 0 Å². The summed E-state index contributed by atoms with van der Waals surface area (Å²) in [4.78, 5) is 38.1. The van der Waals surface area contributed by atoms with Gasteiger partial charge in [-0.2, -0.15) is 0 Å². The molecule has 1 fully saturated rings. The molecule has 1 N–H and O–H groups in total. The van der Waals surface area contributed by atoms with Crippen molar-refractivity contribution in [2.45, 2.75) is 45.4 Å². The number of amides is 2. The second-order valence-electron chi connectivity index (χ2n) is 7.66. The van der Waals surface area contributed by atoms with E-state index in [4.69, 9.17) is 14.2 Å². The topological polar surface area (TPSA) is 94.2 Å². The zero-order valence-electron chi connectivity index (χ0n) is 16.8. The van der Waals surface area contributed by atoms with E-state index in [1.807, 2.05) is 30.3 Å². The zero-order valence-corrected chi connectivity index (χ0v) is 16.8. The van der Waals surface area contributed by atoms with Crippen molar-refractivity contribution >= 4 is 18.2 Å². The number of nitrogens with one attached hydrogen (secondary N) is 1. The number of carbonyl (C=O) groups excluding carboxylic acids is 3. The Morgan fingerprint density at radius 3 is 2.46 bits per heavy atom. The maximum Gasteiger partial charge on any atom is 0.410 e. The lowest BCUT2D eigenvalue weighted by Crippen LogP contribution is -2.55. The molecule has 2 atom stereocenters. The van der Waals surface area contributed by atoms with E-state index < -0.39 is 35.7 Å². The molecular formula is C20H28N2O6. The second kappa shape index (κ2) is 9.43. The van der Waals surface area contributed by atoms with Crippen molar-refractivity contribution in [3.8, 4) is 0 Å². The van der Waals surface area contributed by atoms with Gasteiger partial charge in [0, 0.05) is 19.1 Å². The van der Waals surface area contributed by atoms with Crippen molar-refractivity contribution in [3.05, 3.63) is 35.9 Å². The molecule has 154 valence electrons. The average molecular weight is 392 g/mol. The van der Waals surface area contributed by atoms with Crippen LogP contribution in [0.25, 0.3) is 0 Å². The van der Waals surface area contributed by atoms with Gasteiger partial charge in [0.25, 0.3) is 0 Å². The standard InChI is InChI=1S/C20H28N2O6/c1-20(2,3)28-18(24)21-16-10-11-22(12-15(16)17(23)26-4)19(25)27-13-14-8-6-5-7-9-14/h5-9,15-16H,10-13H2,1-4H3,(H,21,24)/t15?,16-/m0/s1. The molecule has 1 heterocycles. The number of benzene rings is 1. The van der Waals surface area contributed by atoms with Crippen LogP contribution in [0.15, 0.2) is 30.3 Å². The molecule has 0 aromatic heterocycles. The molecule has 1 aliphatic rings. The minimum atomic E-state index is -0.699. The average Bonchev–Trinajstić information content (AvgIpc) is 2.65. The quantitative estimate of drug-likeness (QED) is 0.625. The Hall–Kier alpha value is -2.77. The van der Waals surface area contributed by atoms with Crippen LogP contribution >= 0.6 is 0 Å². The fraction of sp³-hybridized carbons (Fsp3) is 0.550.